The topological polar surface area (TPSA) is 94.4 Å². The van der Waals surface area contributed by atoms with E-state index in [1.807, 2.05) is 33.2 Å². The lowest BCUT2D eigenvalue weighted by atomic mass is 10.2. The Morgan fingerprint density at radius 1 is 1.43 bits per heavy atom. The highest BCUT2D eigenvalue weighted by molar-refractivity contribution is 5.83. The molecule has 2 rings (SSSR count). The number of benzene rings is 1. The van der Waals surface area contributed by atoms with E-state index in [1.165, 1.54) is 0 Å². The summed E-state index contributed by atoms with van der Waals surface area (Å²) in [5.74, 6) is 0.435. The molecule has 0 fully saturated rings. The van der Waals surface area contributed by atoms with Gasteiger partial charge in [-0.25, -0.2) is 0 Å². The van der Waals surface area contributed by atoms with Crippen LogP contribution >= 0.6 is 0 Å². The number of aromatic amines is 1. The lowest BCUT2D eigenvalue weighted by Crippen LogP contribution is -2.26. The van der Waals surface area contributed by atoms with Crippen LogP contribution in [0.4, 0.5) is 5.82 Å². The molecule has 0 spiro atoms. The number of hydroxylamine groups is 1. The van der Waals surface area contributed by atoms with E-state index in [4.69, 9.17) is 5.73 Å². The SMILES string of the molecule is CC/C=C(/N)N(O)c1cc2ccccc2c(=O)[nH]1.CNC. The van der Waals surface area contributed by atoms with Crippen LogP contribution in [0.25, 0.3) is 10.8 Å². The second kappa shape index (κ2) is 8.08. The van der Waals surface area contributed by atoms with Crippen LogP contribution in [-0.2, 0) is 0 Å². The highest BCUT2D eigenvalue weighted by Crippen LogP contribution is 2.16. The van der Waals surface area contributed by atoms with Crippen molar-refractivity contribution in [1.82, 2.24) is 10.3 Å². The smallest absolute Gasteiger partial charge is 0.257 e. The third-order valence-electron chi connectivity index (χ3n) is 2.63. The Balaban J connectivity index is 0.000000677. The van der Waals surface area contributed by atoms with Crippen LogP contribution in [0.2, 0.25) is 0 Å². The molecule has 1 aromatic heterocycles. The van der Waals surface area contributed by atoms with E-state index < -0.39 is 0 Å². The molecule has 0 bridgehead atoms. The highest BCUT2D eigenvalue weighted by atomic mass is 16.5. The second-order valence-corrected chi connectivity index (χ2v) is 4.42. The van der Waals surface area contributed by atoms with E-state index in [2.05, 4.69) is 10.3 Å². The van der Waals surface area contributed by atoms with Gasteiger partial charge in [0.25, 0.3) is 5.56 Å². The van der Waals surface area contributed by atoms with Crippen LogP contribution in [0.5, 0.6) is 0 Å². The molecule has 2 aromatic rings. The number of aromatic nitrogens is 1. The van der Waals surface area contributed by atoms with Gasteiger partial charge in [0.05, 0.1) is 0 Å². The van der Waals surface area contributed by atoms with Gasteiger partial charge in [0.1, 0.15) is 11.6 Å². The van der Waals surface area contributed by atoms with Crippen molar-refractivity contribution < 1.29 is 5.21 Å². The molecular formula is C15H22N4O2. The van der Waals surface area contributed by atoms with Crippen molar-refractivity contribution >= 4 is 16.6 Å². The first-order valence-corrected chi connectivity index (χ1v) is 6.70. The van der Waals surface area contributed by atoms with Crippen molar-refractivity contribution in [3.05, 3.63) is 52.6 Å². The quantitative estimate of drug-likeness (QED) is 0.646. The van der Waals surface area contributed by atoms with Crippen molar-refractivity contribution in [2.45, 2.75) is 13.3 Å². The number of H-pyrrole nitrogens is 1. The highest BCUT2D eigenvalue weighted by Gasteiger charge is 2.09. The summed E-state index contributed by atoms with van der Waals surface area (Å²) >= 11 is 0. The van der Waals surface area contributed by atoms with Crippen LogP contribution < -0.4 is 21.7 Å². The Hall–Kier alpha value is -2.31. The number of nitrogens with two attached hydrogens (primary N) is 1. The van der Waals surface area contributed by atoms with Gasteiger partial charge < -0.3 is 16.0 Å². The first-order valence-electron chi connectivity index (χ1n) is 6.70. The average Bonchev–Trinajstić information content (AvgIpc) is 2.47. The van der Waals surface area contributed by atoms with Gasteiger partial charge in [0, 0.05) is 5.39 Å². The maximum atomic E-state index is 11.8. The summed E-state index contributed by atoms with van der Waals surface area (Å²) in [6.07, 6.45) is 2.36. The number of anilines is 1. The average molecular weight is 290 g/mol. The monoisotopic (exact) mass is 290 g/mol. The van der Waals surface area contributed by atoms with Gasteiger partial charge in [0.15, 0.2) is 0 Å². The van der Waals surface area contributed by atoms with Gasteiger partial charge in [-0.15, -0.1) is 0 Å². The normalized spacial score (nSPS) is 11.0. The van der Waals surface area contributed by atoms with Crippen LogP contribution in [0.15, 0.2) is 47.0 Å². The molecule has 114 valence electrons. The molecular weight excluding hydrogens is 268 g/mol. The number of pyridine rings is 1. The molecule has 0 saturated heterocycles. The first-order chi connectivity index (χ1) is 10.0. The van der Waals surface area contributed by atoms with Crippen molar-refractivity contribution in [1.29, 1.82) is 0 Å². The standard InChI is InChI=1S/C13H15N3O2.C2H7N/c1-2-5-11(14)16(18)12-8-9-6-3-4-7-10(9)13(17)15-12;1-3-2/h3-8,18H,2,14H2,1H3,(H,15,17);3H,1-2H3/b11-5-;. The van der Waals surface area contributed by atoms with Gasteiger partial charge >= 0.3 is 0 Å². The fourth-order valence-electron chi connectivity index (χ4n) is 1.75. The molecule has 0 aliphatic carbocycles. The van der Waals surface area contributed by atoms with Gasteiger partial charge in [0.2, 0.25) is 0 Å². The molecule has 0 amide bonds. The minimum Gasteiger partial charge on any atom is -0.384 e. The molecule has 6 nitrogen and oxygen atoms in total. The van der Waals surface area contributed by atoms with E-state index in [1.54, 1.807) is 24.3 Å². The third-order valence-corrected chi connectivity index (χ3v) is 2.63. The largest absolute Gasteiger partial charge is 0.384 e. The van der Waals surface area contributed by atoms with E-state index >= 15 is 0 Å². The predicted molar refractivity (Wildman–Crippen MR) is 86.4 cm³/mol. The summed E-state index contributed by atoms with van der Waals surface area (Å²) in [5.41, 5.74) is 5.41. The Morgan fingerprint density at radius 2 is 2.05 bits per heavy atom. The Kier molecular flexibility index (Phi) is 6.45. The summed E-state index contributed by atoms with van der Waals surface area (Å²) in [6.45, 7) is 1.91. The molecule has 6 heteroatoms. The number of allylic oxidation sites excluding steroid dienone is 1. The van der Waals surface area contributed by atoms with Crippen LogP contribution in [0, 0.1) is 0 Å². The molecule has 0 radical (unpaired) electrons. The van der Waals surface area contributed by atoms with Crippen LogP contribution in [-0.4, -0.2) is 24.3 Å². The van der Waals surface area contributed by atoms with Gasteiger partial charge in [-0.2, -0.15) is 5.06 Å². The van der Waals surface area contributed by atoms with E-state index in [-0.39, 0.29) is 17.2 Å². The zero-order chi connectivity index (χ0) is 15.8. The summed E-state index contributed by atoms with van der Waals surface area (Å²) < 4.78 is 0. The molecule has 5 N–H and O–H groups in total. The Morgan fingerprint density at radius 3 is 2.67 bits per heavy atom. The number of hydrogen-bond acceptors (Lipinski definition) is 5. The van der Waals surface area contributed by atoms with Crippen LogP contribution in [0.3, 0.4) is 0 Å². The molecule has 1 aromatic carbocycles. The Bertz CT molecular complexity index is 664. The lowest BCUT2D eigenvalue weighted by Gasteiger charge is -2.16. The zero-order valence-corrected chi connectivity index (χ0v) is 12.6. The lowest BCUT2D eigenvalue weighted by molar-refractivity contribution is 0.278. The second-order valence-electron chi connectivity index (χ2n) is 4.42. The minimum absolute atomic E-state index is 0.184. The van der Waals surface area contributed by atoms with E-state index in [0.717, 1.165) is 10.4 Å². The summed E-state index contributed by atoms with van der Waals surface area (Å²) in [6, 6.07) is 8.83. The first kappa shape index (κ1) is 16.7. The molecule has 1 heterocycles. The Labute approximate surface area is 123 Å². The van der Waals surface area contributed by atoms with E-state index in [0.29, 0.717) is 11.8 Å². The predicted octanol–water partition coefficient (Wildman–Crippen LogP) is 1.77. The maximum absolute atomic E-state index is 11.8. The van der Waals surface area contributed by atoms with Crippen molar-refractivity contribution in [3.8, 4) is 0 Å². The molecule has 0 saturated carbocycles. The molecule has 0 aliphatic heterocycles. The number of fused-ring (bicyclic) bond motifs is 1. The molecule has 0 unspecified atom stereocenters. The molecule has 0 atom stereocenters. The molecule has 21 heavy (non-hydrogen) atoms. The number of nitrogens with zero attached hydrogens (tertiary/aromatic N) is 1. The van der Waals surface area contributed by atoms with Crippen molar-refractivity contribution in [3.63, 3.8) is 0 Å². The number of rotatable bonds is 3. The van der Waals surface area contributed by atoms with E-state index in [9.17, 15) is 10.0 Å². The third kappa shape index (κ3) is 4.34. The summed E-state index contributed by atoms with van der Waals surface area (Å²) in [5, 5.41) is 14.7. The minimum atomic E-state index is -0.258. The fraction of sp³-hybridized carbons (Fsp3) is 0.267. The van der Waals surface area contributed by atoms with Crippen molar-refractivity contribution in [2.24, 2.45) is 5.73 Å². The number of hydrogen-bond donors (Lipinski definition) is 4. The van der Waals surface area contributed by atoms with Crippen LogP contribution in [0.1, 0.15) is 13.3 Å². The maximum Gasteiger partial charge on any atom is 0.257 e. The zero-order valence-electron chi connectivity index (χ0n) is 12.6. The summed E-state index contributed by atoms with van der Waals surface area (Å²) in [7, 11) is 3.75. The van der Waals surface area contributed by atoms with Crippen molar-refractivity contribution in [2.75, 3.05) is 19.2 Å². The van der Waals surface area contributed by atoms with Gasteiger partial charge in [-0.1, -0.05) is 25.1 Å². The van der Waals surface area contributed by atoms with Gasteiger partial charge in [-0.05, 0) is 44.1 Å². The fourth-order valence-corrected chi connectivity index (χ4v) is 1.75. The number of nitrogens with one attached hydrogen (secondary N) is 2. The van der Waals surface area contributed by atoms with Gasteiger partial charge in [-0.3, -0.25) is 10.0 Å². The molecule has 0 aliphatic rings. The summed E-state index contributed by atoms with van der Waals surface area (Å²) in [4.78, 5) is 14.4.